The first kappa shape index (κ1) is 27.4. The molecule has 1 aromatic heterocycles. The van der Waals surface area contributed by atoms with Gasteiger partial charge in [0.15, 0.2) is 0 Å². The molecule has 8 nitrogen and oxygen atoms in total. The number of halogens is 1. The number of nitrogens with zero attached hydrogens (tertiary/aromatic N) is 4. The van der Waals surface area contributed by atoms with E-state index in [2.05, 4.69) is 26.2 Å². The van der Waals surface area contributed by atoms with Crippen molar-refractivity contribution in [1.82, 2.24) is 24.7 Å². The molecule has 2 aromatic carbocycles. The third-order valence-electron chi connectivity index (χ3n) is 6.58. The number of hydrogen-bond donors (Lipinski definition) is 2. The number of carbonyl (C=O) groups excluding carboxylic acids is 1. The van der Waals surface area contributed by atoms with Gasteiger partial charge in [-0.15, -0.1) is 0 Å². The first-order valence-electron chi connectivity index (χ1n) is 13.1. The van der Waals surface area contributed by atoms with Gasteiger partial charge in [0, 0.05) is 55.0 Å². The zero-order chi connectivity index (χ0) is 26.3. The van der Waals surface area contributed by atoms with E-state index < -0.39 is 0 Å². The van der Waals surface area contributed by atoms with Crippen LogP contribution in [-0.4, -0.2) is 83.2 Å². The van der Waals surface area contributed by atoms with Crippen LogP contribution in [0.2, 0.25) is 5.02 Å². The highest BCUT2D eigenvalue weighted by Gasteiger charge is 2.19. The SMILES string of the molecule is CC(C)(N)CNC(=O)CN1CCN(CCCCCOc2ccc3c(c2)ncn3-c2ccc(Cl)cc2)CC1. The molecular formula is C28H39ClN6O2. The normalized spacial score (nSPS) is 15.2. The van der Waals surface area contributed by atoms with Crippen LogP contribution >= 0.6 is 11.6 Å². The van der Waals surface area contributed by atoms with Crippen molar-refractivity contribution in [3.8, 4) is 11.4 Å². The van der Waals surface area contributed by atoms with Gasteiger partial charge in [-0.1, -0.05) is 11.6 Å². The molecule has 1 saturated heterocycles. The van der Waals surface area contributed by atoms with Crippen LogP contribution in [0.5, 0.6) is 5.75 Å². The summed E-state index contributed by atoms with van der Waals surface area (Å²) in [7, 11) is 0. The van der Waals surface area contributed by atoms with Gasteiger partial charge < -0.3 is 20.7 Å². The van der Waals surface area contributed by atoms with Crippen LogP contribution < -0.4 is 15.8 Å². The highest BCUT2D eigenvalue weighted by Crippen LogP contribution is 2.24. The van der Waals surface area contributed by atoms with Gasteiger partial charge >= 0.3 is 0 Å². The van der Waals surface area contributed by atoms with Gasteiger partial charge in [0.2, 0.25) is 5.91 Å². The smallest absolute Gasteiger partial charge is 0.234 e. The van der Waals surface area contributed by atoms with Crippen molar-refractivity contribution >= 4 is 28.5 Å². The van der Waals surface area contributed by atoms with E-state index in [9.17, 15) is 4.79 Å². The van der Waals surface area contributed by atoms with Crippen molar-refractivity contribution in [3.05, 3.63) is 53.8 Å². The number of carbonyl (C=O) groups is 1. The maximum absolute atomic E-state index is 12.1. The number of fused-ring (bicyclic) bond motifs is 1. The minimum Gasteiger partial charge on any atom is -0.494 e. The average Bonchev–Trinajstić information content (AvgIpc) is 3.29. The molecule has 37 heavy (non-hydrogen) atoms. The average molecular weight is 527 g/mol. The minimum absolute atomic E-state index is 0.0565. The van der Waals surface area contributed by atoms with Crippen molar-refractivity contribution < 1.29 is 9.53 Å². The topological polar surface area (TPSA) is 88.7 Å². The second-order valence-corrected chi connectivity index (χ2v) is 11.0. The molecule has 1 aliphatic heterocycles. The number of hydrogen-bond acceptors (Lipinski definition) is 6. The number of ether oxygens (including phenoxy) is 1. The molecule has 0 aliphatic carbocycles. The molecule has 1 fully saturated rings. The standard InChI is InChI=1S/C28H39ClN6O2/c1-28(2,30)20-31-27(36)19-34-15-13-33(14-16-34)12-4-3-5-17-37-24-10-11-26-25(18-24)32-21-35(26)23-8-6-22(29)7-9-23/h6-11,18,21H,3-5,12-17,19-20,30H2,1-2H3,(H,31,36). The number of piperazine rings is 1. The maximum atomic E-state index is 12.1. The Labute approximate surface area is 224 Å². The summed E-state index contributed by atoms with van der Waals surface area (Å²) in [6.45, 7) is 10.4. The Hall–Kier alpha value is -2.65. The van der Waals surface area contributed by atoms with E-state index in [4.69, 9.17) is 22.1 Å². The maximum Gasteiger partial charge on any atom is 0.234 e. The molecular weight excluding hydrogens is 488 g/mol. The highest BCUT2D eigenvalue weighted by atomic mass is 35.5. The molecule has 0 radical (unpaired) electrons. The monoisotopic (exact) mass is 526 g/mol. The quantitative estimate of drug-likeness (QED) is 0.350. The van der Waals surface area contributed by atoms with Crippen molar-refractivity contribution in [2.24, 2.45) is 5.73 Å². The fourth-order valence-corrected chi connectivity index (χ4v) is 4.58. The molecule has 3 aromatic rings. The van der Waals surface area contributed by atoms with E-state index in [0.717, 1.165) is 79.5 Å². The van der Waals surface area contributed by atoms with E-state index >= 15 is 0 Å². The Morgan fingerprint density at radius 2 is 1.78 bits per heavy atom. The van der Waals surface area contributed by atoms with Crippen molar-refractivity contribution in [2.45, 2.75) is 38.6 Å². The highest BCUT2D eigenvalue weighted by molar-refractivity contribution is 6.30. The van der Waals surface area contributed by atoms with Gasteiger partial charge in [-0.2, -0.15) is 0 Å². The van der Waals surface area contributed by atoms with Crippen LogP contribution in [0.25, 0.3) is 16.7 Å². The predicted molar refractivity (Wildman–Crippen MR) is 150 cm³/mol. The molecule has 0 unspecified atom stereocenters. The Bertz CT molecular complexity index is 1150. The number of amides is 1. The second kappa shape index (κ2) is 12.7. The third kappa shape index (κ3) is 8.43. The molecule has 200 valence electrons. The number of benzene rings is 2. The summed E-state index contributed by atoms with van der Waals surface area (Å²) in [6, 6.07) is 13.8. The number of rotatable bonds is 12. The van der Waals surface area contributed by atoms with Crippen LogP contribution in [0.15, 0.2) is 48.8 Å². The number of nitrogens with one attached hydrogen (secondary N) is 1. The fourth-order valence-electron chi connectivity index (χ4n) is 4.45. The van der Waals surface area contributed by atoms with Gasteiger partial charge in [-0.3, -0.25) is 14.3 Å². The molecule has 0 atom stereocenters. The summed E-state index contributed by atoms with van der Waals surface area (Å²) in [5, 5.41) is 3.64. The van der Waals surface area contributed by atoms with E-state index in [1.54, 1.807) is 0 Å². The lowest BCUT2D eigenvalue weighted by Crippen LogP contribution is -2.51. The predicted octanol–water partition coefficient (Wildman–Crippen LogP) is 3.70. The zero-order valence-electron chi connectivity index (χ0n) is 22.0. The second-order valence-electron chi connectivity index (χ2n) is 10.5. The Morgan fingerprint density at radius 3 is 2.51 bits per heavy atom. The third-order valence-corrected chi connectivity index (χ3v) is 6.84. The van der Waals surface area contributed by atoms with Crippen LogP contribution in [-0.2, 0) is 4.79 Å². The van der Waals surface area contributed by atoms with Crippen molar-refractivity contribution in [2.75, 3.05) is 52.4 Å². The molecule has 4 rings (SSSR count). The van der Waals surface area contributed by atoms with Crippen LogP contribution in [0.1, 0.15) is 33.1 Å². The summed E-state index contributed by atoms with van der Waals surface area (Å²) in [5.41, 5.74) is 8.53. The lowest BCUT2D eigenvalue weighted by Gasteiger charge is -2.34. The molecule has 1 aliphatic rings. The molecule has 0 saturated carbocycles. The van der Waals surface area contributed by atoms with Gasteiger partial charge in [0.1, 0.15) is 12.1 Å². The fraction of sp³-hybridized carbons (Fsp3) is 0.500. The van der Waals surface area contributed by atoms with E-state index in [0.29, 0.717) is 19.7 Å². The Balaban J connectivity index is 1.10. The molecule has 0 bridgehead atoms. The number of nitrogens with two attached hydrogens (primary N) is 1. The summed E-state index contributed by atoms with van der Waals surface area (Å²) in [4.78, 5) is 21.4. The zero-order valence-corrected chi connectivity index (χ0v) is 22.7. The van der Waals surface area contributed by atoms with Gasteiger partial charge in [0.05, 0.1) is 24.2 Å². The molecule has 3 N–H and O–H groups in total. The van der Waals surface area contributed by atoms with E-state index in [1.807, 2.05) is 61.1 Å². The molecule has 1 amide bonds. The lowest BCUT2D eigenvalue weighted by molar-refractivity contribution is -0.122. The lowest BCUT2D eigenvalue weighted by atomic mass is 10.1. The first-order valence-corrected chi connectivity index (χ1v) is 13.5. The van der Waals surface area contributed by atoms with Crippen molar-refractivity contribution in [1.29, 1.82) is 0 Å². The number of imidazole rings is 1. The number of aromatic nitrogens is 2. The molecule has 9 heteroatoms. The van der Waals surface area contributed by atoms with Gasteiger partial charge in [-0.05, 0) is 76.1 Å². The van der Waals surface area contributed by atoms with E-state index in [-0.39, 0.29) is 11.4 Å². The minimum atomic E-state index is -0.379. The molecule has 2 heterocycles. The van der Waals surface area contributed by atoms with Gasteiger partial charge in [0.25, 0.3) is 0 Å². The van der Waals surface area contributed by atoms with E-state index in [1.165, 1.54) is 0 Å². The summed E-state index contributed by atoms with van der Waals surface area (Å²) in [5.74, 6) is 0.907. The Morgan fingerprint density at radius 1 is 1.05 bits per heavy atom. The van der Waals surface area contributed by atoms with Crippen molar-refractivity contribution in [3.63, 3.8) is 0 Å². The number of unbranched alkanes of at least 4 members (excludes halogenated alkanes) is 2. The van der Waals surface area contributed by atoms with Crippen LogP contribution in [0.4, 0.5) is 0 Å². The largest absolute Gasteiger partial charge is 0.494 e. The van der Waals surface area contributed by atoms with Gasteiger partial charge in [-0.25, -0.2) is 4.98 Å². The summed E-state index contributed by atoms with van der Waals surface area (Å²) < 4.78 is 8.04. The summed E-state index contributed by atoms with van der Waals surface area (Å²) >= 11 is 6.01. The van der Waals surface area contributed by atoms with Crippen LogP contribution in [0, 0.1) is 0 Å². The Kier molecular flexibility index (Phi) is 9.43. The molecule has 0 spiro atoms. The van der Waals surface area contributed by atoms with Crippen LogP contribution in [0.3, 0.4) is 0 Å². The summed E-state index contributed by atoms with van der Waals surface area (Å²) in [6.07, 6.45) is 5.13. The first-order chi connectivity index (χ1) is 17.8.